The first-order valence-corrected chi connectivity index (χ1v) is 7.27. The fourth-order valence-electron chi connectivity index (χ4n) is 3.35. The molecule has 2 fully saturated rings. The average Bonchev–Trinajstić information content (AvgIpc) is 2.87. The summed E-state index contributed by atoms with van der Waals surface area (Å²) in [6.45, 7) is 1.68. The summed E-state index contributed by atoms with van der Waals surface area (Å²) in [7, 11) is 0. The lowest BCUT2D eigenvalue weighted by atomic mass is 9.78. The van der Waals surface area contributed by atoms with Crippen LogP contribution in [0.25, 0.3) is 0 Å². The largest absolute Gasteiger partial charge is 0.488 e. The number of aliphatic hydroxyl groups is 1. The molecule has 0 aromatic heterocycles. The van der Waals surface area contributed by atoms with Gasteiger partial charge in [0.25, 0.3) is 0 Å². The van der Waals surface area contributed by atoms with Gasteiger partial charge in [0.1, 0.15) is 17.7 Å². The van der Waals surface area contributed by atoms with E-state index < -0.39 is 29.8 Å². The van der Waals surface area contributed by atoms with Crippen LogP contribution >= 0.6 is 0 Å². The lowest BCUT2D eigenvalue weighted by molar-refractivity contribution is -0.140. The summed E-state index contributed by atoms with van der Waals surface area (Å²) in [5.74, 6) is -0.656. The second-order valence-electron chi connectivity index (χ2n) is 6.01. The number of halogens is 4. The quantitative estimate of drug-likeness (QED) is 0.823. The van der Waals surface area contributed by atoms with E-state index in [9.17, 15) is 22.7 Å². The van der Waals surface area contributed by atoms with Crippen molar-refractivity contribution in [2.45, 2.75) is 31.2 Å². The molecule has 22 heavy (non-hydrogen) atoms. The molecule has 4 atom stereocenters. The highest BCUT2D eigenvalue weighted by molar-refractivity contribution is 5.32. The zero-order valence-electron chi connectivity index (χ0n) is 11.7. The Kier molecular flexibility index (Phi) is 4.03. The molecular formula is C15H17F4NO2. The topological polar surface area (TPSA) is 41.5 Å². The zero-order valence-corrected chi connectivity index (χ0v) is 11.7. The minimum absolute atomic E-state index is 0.0674. The maximum absolute atomic E-state index is 13.3. The van der Waals surface area contributed by atoms with E-state index >= 15 is 0 Å². The van der Waals surface area contributed by atoms with Crippen LogP contribution in [-0.2, 0) is 6.18 Å². The van der Waals surface area contributed by atoms with Gasteiger partial charge in [-0.05, 0) is 56.0 Å². The van der Waals surface area contributed by atoms with Gasteiger partial charge in [-0.25, -0.2) is 4.39 Å². The Morgan fingerprint density at radius 2 is 1.82 bits per heavy atom. The summed E-state index contributed by atoms with van der Waals surface area (Å²) < 4.78 is 56.9. The number of nitrogens with one attached hydrogen (secondary N) is 1. The van der Waals surface area contributed by atoms with E-state index in [2.05, 4.69) is 5.32 Å². The average molecular weight is 319 g/mol. The maximum Gasteiger partial charge on any atom is 0.419 e. The molecule has 1 saturated carbocycles. The van der Waals surface area contributed by atoms with Crippen molar-refractivity contribution in [2.24, 2.45) is 11.8 Å². The van der Waals surface area contributed by atoms with Gasteiger partial charge in [0.15, 0.2) is 0 Å². The minimum atomic E-state index is -4.77. The monoisotopic (exact) mass is 319 g/mol. The first kappa shape index (κ1) is 15.6. The van der Waals surface area contributed by atoms with Gasteiger partial charge in [-0.2, -0.15) is 13.2 Å². The summed E-state index contributed by atoms with van der Waals surface area (Å²) in [5, 5.41) is 13.4. The second-order valence-corrected chi connectivity index (χ2v) is 6.01. The predicted octanol–water partition coefficient (Wildman–Crippen LogP) is 2.58. The lowest BCUT2D eigenvalue weighted by Gasteiger charge is -2.35. The van der Waals surface area contributed by atoms with Gasteiger partial charge < -0.3 is 15.2 Å². The summed E-state index contributed by atoms with van der Waals surface area (Å²) >= 11 is 0. The van der Waals surface area contributed by atoms with Gasteiger partial charge >= 0.3 is 6.18 Å². The normalized spacial score (nSPS) is 31.9. The van der Waals surface area contributed by atoms with Crippen molar-refractivity contribution in [1.29, 1.82) is 0 Å². The Bertz CT molecular complexity index is 549. The molecule has 1 aliphatic carbocycles. The van der Waals surface area contributed by atoms with Crippen LogP contribution in [0.4, 0.5) is 17.6 Å². The smallest absolute Gasteiger partial charge is 0.419 e. The molecule has 7 heteroatoms. The van der Waals surface area contributed by atoms with Crippen LogP contribution in [0.3, 0.4) is 0 Å². The molecule has 122 valence electrons. The molecule has 1 heterocycles. The van der Waals surface area contributed by atoms with Crippen molar-refractivity contribution < 1.29 is 27.4 Å². The van der Waals surface area contributed by atoms with Crippen LogP contribution in [0.1, 0.15) is 18.4 Å². The maximum atomic E-state index is 13.3. The number of benzene rings is 1. The molecule has 0 unspecified atom stereocenters. The molecule has 0 amide bonds. The molecule has 1 saturated heterocycles. The summed E-state index contributed by atoms with van der Waals surface area (Å²) in [5.41, 5.74) is -1.35. The Hall–Kier alpha value is -1.34. The lowest BCUT2D eigenvalue weighted by Crippen LogP contribution is -2.42. The minimum Gasteiger partial charge on any atom is -0.488 e. The molecule has 3 nitrogen and oxygen atoms in total. The van der Waals surface area contributed by atoms with Gasteiger partial charge in [0.05, 0.1) is 11.7 Å². The number of hydrogen-bond donors (Lipinski definition) is 2. The molecule has 0 spiro atoms. The third-order valence-electron chi connectivity index (χ3n) is 4.52. The number of aliphatic hydroxyl groups excluding tert-OH is 1. The molecule has 1 aromatic rings. The SMILES string of the molecule is O[C@@H]1C[C@H]2CNC[C@H]2C[C@H]1Oc1ccc(F)c(C(F)(F)F)c1. The van der Waals surface area contributed by atoms with Crippen LogP contribution in [-0.4, -0.2) is 30.4 Å². The van der Waals surface area contributed by atoms with E-state index in [4.69, 9.17) is 4.74 Å². The highest BCUT2D eigenvalue weighted by Crippen LogP contribution is 2.37. The van der Waals surface area contributed by atoms with Crippen molar-refractivity contribution in [3.8, 4) is 5.75 Å². The van der Waals surface area contributed by atoms with Crippen LogP contribution in [0, 0.1) is 17.7 Å². The first-order valence-electron chi connectivity index (χ1n) is 7.27. The number of rotatable bonds is 2. The van der Waals surface area contributed by atoms with Gasteiger partial charge in [-0.3, -0.25) is 0 Å². The van der Waals surface area contributed by atoms with E-state index in [0.717, 1.165) is 25.2 Å². The number of hydrogen-bond acceptors (Lipinski definition) is 3. The van der Waals surface area contributed by atoms with Gasteiger partial charge in [-0.1, -0.05) is 0 Å². The van der Waals surface area contributed by atoms with Crippen LogP contribution in [0.15, 0.2) is 18.2 Å². The first-order chi connectivity index (χ1) is 10.3. The van der Waals surface area contributed by atoms with Crippen LogP contribution < -0.4 is 10.1 Å². The zero-order chi connectivity index (χ0) is 15.9. The number of alkyl halides is 3. The second kappa shape index (κ2) is 5.70. The fraction of sp³-hybridized carbons (Fsp3) is 0.600. The standard InChI is InChI=1S/C15H17F4NO2/c16-12-2-1-10(5-11(12)15(17,18)19)22-14-4-9-7-20-6-8(9)3-13(14)21/h1-2,5,8-9,13-14,20-21H,3-4,6-7H2/t8-,9+,13+,14+/m0/s1. The van der Waals surface area contributed by atoms with Gasteiger partial charge in [0.2, 0.25) is 0 Å². The molecule has 0 radical (unpaired) electrons. The van der Waals surface area contributed by atoms with Crippen molar-refractivity contribution in [3.63, 3.8) is 0 Å². The number of fused-ring (bicyclic) bond motifs is 1. The van der Waals surface area contributed by atoms with Crippen molar-refractivity contribution in [3.05, 3.63) is 29.6 Å². The Labute approximate surface area is 125 Å². The Balaban J connectivity index is 1.75. The van der Waals surface area contributed by atoms with Crippen LogP contribution in [0.5, 0.6) is 5.75 Å². The Morgan fingerprint density at radius 1 is 1.14 bits per heavy atom. The Morgan fingerprint density at radius 3 is 2.50 bits per heavy atom. The molecule has 2 N–H and O–H groups in total. The molecule has 2 aliphatic rings. The molecular weight excluding hydrogens is 302 g/mol. The van der Waals surface area contributed by atoms with E-state index in [1.807, 2.05) is 0 Å². The summed E-state index contributed by atoms with van der Waals surface area (Å²) in [4.78, 5) is 0. The number of ether oxygens (including phenoxy) is 1. The van der Waals surface area contributed by atoms with Gasteiger partial charge in [-0.15, -0.1) is 0 Å². The molecule has 1 aromatic carbocycles. The third-order valence-corrected chi connectivity index (χ3v) is 4.52. The van der Waals surface area contributed by atoms with Gasteiger partial charge in [0, 0.05) is 0 Å². The fourth-order valence-corrected chi connectivity index (χ4v) is 3.35. The van der Waals surface area contributed by atoms with Crippen molar-refractivity contribution in [1.82, 2.24) is 5.32 Å². The van der Waals surface area contributed by atoms with Crippen molar-refractivity contribution in [2.75, 3.05) is 13.1 Å². The van der Waals surface area contributed by atoms with Crippen LogP contribution in [0.2, 0.25) is 0 Å². The third kappa shape index (κ3) is 3.05. The van der Waals surface area contributed by atoms with E-state index in [1.165, 1.54) is 0 Å². The molecule has 1 aliphatic heterocycles. The summed E-state index contributed by atoms with van der Waals surface area (Å²) in [6, 6.07) is 2.56. The summed E-state index contributed by atoms with van der Waals surface area (Å²) in [6.07, 6.45) is -4.91. The van der Waals surface area contributed by atoms with E-state index in [0.29, 0.717) is 30.7 Å². The predicted molar refractivity (Wildman–Crippen MR) is 70.9 cm³/mol. The highest BCUT2D eigenvalue weighted by Gasteiger charge is 2.40. The molecule has 3 rings (SSSR count). The van der Waals surface area contributed by atoms with E-state index in [1.54, 1.807) is 0 Å². The highest BCUT2D eigenvalue weighted by atomic mass is 19.4. The molecule has 0 bridgehead atoms. The van der Waals surface area contributed by atoms with Crippen molar-refractivity contribution >= 4 is 0 Å². The van der Waals surface area contributed by atoms with E-state index in [-0.39, 0.29) is 5.75 Å².